The Balaban J connectivity index is 3.57. The van der Waals surface area contributed by atoms with E-state index >= 15 is 0 Å². The van der Waals surface area contributed by atoms with Gasteiger partial charge >= 0.3 is 0 Å². The second kappa shape index (κ2) is 25.7. The van der Waals surface area contributed by atoms with Crippen LogP contribution in [0.15, 0.2) is 11.6 Å². The summed E-state index contributed by atoms with van der Waals surface area (Å²) in [7, 11) is 0. The van der Waals surface area contributed by atoms with Crippen LogP contribution < -0.4 is 0 Å². The van der Waals surface area contributed by atoms with Crippen LogP contribution in [0.3, 0.4) is 0 Å². The van der Waals surface area contributed by atoms with Gasteiger partial charge in [0.05, 0.1) is 0 Å². The SMILES string of the molecule is CCCCCCCCCCCCC(=CCCO)CCCCCCCCCCCC. The summed E-state index contributed by atoms with van der Waals surface area (Å²) in [6, 6.07) is 0. The van der Waals surface area contributed by atoms with Gasteiger partial charge in [-0.3, -0.25) is 0 Å². The van der Waals surface area contributed by atoms with E-state index in [1.807, 2.05) is 0 Å². The van der Waals surface area contributed by atoms with E-state index < -0.39 is 0 Å². The van der Waals surface area contributed by atoms with E-state index in [2.05, 4.69) is 19.9 Å². The molecule has 0 aromatic heterocycles. The number of hydrogen-bond acceptors (Lipinski definition) is 1. The van der Waals surface area contributed by atoms with Crippen LogP contribution in [0.1, 0.15) is 162 Å². The molecule has 29 heavy (non-hydrogen) atoms. The van der Waals surface area contributed by atoms with Crippen molar-refractivity contribution in [2.24, 2.45) is 0 Å². The Hall–Kier alpha value is -0.300. The van der Waals surface area contributed by atoms with Crippen molar-refractivity contribution in [1.82, 2.24) is 0 Å². The van der Waals surface area contributed by atoms with Gasteiger partial charge in [0.2, 0.25) is 0 Å². The third kappa shape index (κ3) is 23.8. The van der Waals surface area contributed by atoms with Crippen molar-refractivity contribution < 1.29 is 5.11 Å². The summed E-state index contributed by atoms with van der Waals surface area (Å²) in [5.41, 5.74) is 1.62. The number of aliphatic hydroxyl groups excluding tert-OH is 1. The first-order valence-electron chi connectivity index (χ1n) is 13.6. The maximum absolute atomic E-state index is 9.16. The average molecular weight is 409 g/mol. The van der Waals surface area contributed by atoms with Gasteiger partial charge in [-0.05, 0) is 32.1 Å². The van der Waals surface area contributed by atoms with Crippen LogP contribution >= 0.6 is 0 Å². The molecule has 0 bridgehead atoms. The number of unbranched alkanes of at least 4 members (excludes halogenated alkanes) is 18. The Labute approximate surface area is 185 Å². The second-order valence-corrected chi connectivity index (χ2v) is 9.24. The smallest absolute Gasteiger partial charge is 0.0465 e. The molecule has 0 amide bonds. The first-order valence-corrected chi connectivity index (χ1v) is 13.6. The van der Waals surface area contributed by atoms with Crippen molar-refractivity contribution in [1.29, 1.82) is 0 Å². The van der Waals surface area contributed by atoms with Crippen LogP contribution in [0.4, 0.5) is 0 Å². The molecular weight excluding hydrogens is 352 g/mol. The third-order valence-corrected chi connectivity index (χ3v) is 6.27. The highest BCUT2D eigenvalue weighted by molar-refractivity contribution is 5.01. The summed E-state index contributed by atoms with van der Waals surface area (Å²) >= 11 is 0. The maximum Gasteiger partial charge on any atom is 0.0465 e. The summed E-state index contributed by atoms with van der Waals surface area (Å²) in [4.78, 5) is 0. The Morgan fingerprint density at radius 2 is 0.793 bits per heavy atom. The Morgan fingerprint density at radius 3 is 1.10 bits per heavy atom. The molecule has 0 radical (unpaired) electrons. The lowest BCUT2D eigenvalue weighted by Gasteiger charge is -2.09. The molecule has 1 heteroatoms. The first-order chi connectivity index (χ1) is 14.3. The predicted molar refractivity (Wildman–Crippen MR) is 133 cm³/mol. The first kappa shape index (κ1) is 28.7. The second-order valence-electron chi connectivity index (χ2n) is 9.24. The van der Waals surface area contributed by atoms with Gasteiger partial charge in [0.25, 0.3) is 0 Å². The van der Waals surface area contributed by atoms with Crippen LogP contribution in [0.25, 0.3) is 0 Å². The molecule has 0 aliphatic rings. The number of aliphatic hydroxyl groups is 1. The maximum atomic E-state index is 9.16. The van der Waals surface area contributed by atoms with E-state index in [1.54, 1.807) is 5.57 Å². The molecule has 0 saturated heterocycles. The molecule has 0 heterocycles. The molecule has 174 valence electrons. The molecule has 0 aliphatic heterocycles. The molecule has 0 saturated carbocycles. The molecule has 0 rings (SSSR count). The van der Waals surface area contributed by atoms with Gasteiger partial charge in [-0.1, -0.05) is 141 Å². The Bertz CT molecular complexity index is 294. The van der Waals surface area contributed by atoms with Crippen LogP contribution in [0.5, 0.6) is 0 Å². The van der Waals surface area contributed by atoms with Gasteiger partial charge in [0, 0.05) is 6.61 Å². The van der Waals surface area contributed by atoms with Gasteiger partial charge in [-0.2, -0.15) is 0 Å². The number of hydrogen-bond donors (Lipinski definition) is 1. The largest absolute Gasteiger partial charge is 0.396 e. The van der Waals surface area contributed by atoms with Crippen molar-refractivity contribution >= 4 is 0 Å². The highest BCUT2D eigenvalue weighted by Crippen LogP contribution is 2.19. The van der Waals surface area contributed by atoms with Gasteiger partial charge in [-0.15, -0.1) is 0 Å². The fourth-order valence-electron chi connectivity index (χ4n) is 4.28. The lowest BCUT2D eigenvalue weighted by atomic mass is 9.98. The van der Waals surface area contributed by atoms with Crippen molar-refractivity contribution in [3.8, 4) is 0 Å². The highest BCUT2D eigenvalue weighted by Gasteiger charge is 2.00. The molecule has 0 unspecified atom stereocenters. The lowest BCUT2D eigenvalue weighted by Crippen LogP contribution is -1.90. The molecule has 0 fully saturated rings. The summed E-state index contributed by atoms with van der Waals surface area (Å²) < 4.78 is 0. The quantitative estimate of drug-likeness (QED) is 0.124. The van der Waals surface area contributed by atoms with Gasteiger partial charge in [0.15, 0.2) is 0 Å². The average Bonchev–Trinajstić information content (AvgIpc) is 2.74. The minimum Gasteiger partial charge on any atom is -0.396 e. The molecular formula is C28H56O. The highest BCUT2D eigenvalue weighted by atomic mass is 16.2. The standard InChI is InChI=1S/C28H56O/c1-3-5-7-9-11-13-15-17-19-21-24-28(26-23-27-29)25-22-20-18-16-14-12-10-8-6-4-2/h26,29H,3-25,27H2,1-2H3. The minimum atomic E-state index is 0.305. The predicted octanol–water partition coefficient (Wildman–Crippen LogP) is 9.92. The van der Waals surface area contributed by atoms with E-state index in [-0.39, 0.29) is 0 Å². The van der Waals surface area contributed by atoms with Crippen LogP contribution in [-0.4, -0.2) is 11.7 Å². The molecule has 0 aromatic carbocycles. The summed E-state index contributed by atoms with van der Waals surface area (Å²) in [5.74, 6) is 0. The Kier molecular flexibility index (Phi) is 25.5. The zero-order valence-electron chi connectivity index (χ0n) is 20.5. The minimum absolute atomic E-state index is 0.305. The van der Waals surface area contributed by atoms with E-state index in [9.17, 15) is 0 Å². The van der Waals surface area contributed by atoms with E-state index in [4.69, 9.17) is 5.11 Å². The monoisotopic (exact) mass is 408 g/mol. The van der Waals surface area contributed by atoms with E-state index in [0.29, 0.717) is 6.61 Å². The van der Waals surface area contributed by atoms with Gasteiger partial charge < -0.3 is 5.11 Å². The topological polar surface area (TPSA) is 20.2 Å². The lowest BCUT2D eigenvalue weighted by molar-refractivity contribution is 0.302. The van der Waals surface area contributed by atoms with Crippen molar-refractivity contribution in [3.63, 3.8) is 0 Å². The third-order valence-electron chi connectivity index (χ3n) is 6.27. The fourth-order valence-corrected chi connectivity index (χ4v) is 4.28. The van der Waals surface area contributed by atoms with Crippen LogP contribution in [-0.2, 0) is 0 Å². The van der Waals surface area contributed by atoms with Crippen LogP contribution in [0, 0.1) is 0 Å². The normalized spacial score (nSPS) is 11.1. The number of rotatable bonds is 24. The van der Waals surface area contributed by atoms with Crippen molar-refractivity contribution in [3.05, 3.63) is 11.6 Å². The summed E-state index contributed by atoms with van der Waals surface area (Å²) in [6.45, 7) is 4.89. The van der Waals surface area contributed by atoms with Gasteiger partial charge in [-0.25, -0.2) is 0 Å². The molecule has 1 N–H and O–H groups in total. The molecule has 0 spiro atoms. The van der Waals surface area contributed by atoms with Crippen molar-refractivity contribution in [2.75, 3.05) is 6.61 Å². The zero-order valence-corrected chi connectivity index (χ0v) is 20.5. The summed E-state index contributed by atoms with van der Waals surface area (Å²) in [5, 5.41) is 9.16. The number of allylic oxidation sites excluding steroid dienone is 1. The fraction of sp³-hybridized carbons (Fsp3) is 0.929. The molecule has 0 atom stereocenters. The molecule has 0 aromatic rings. The Morgan fingerprint density at radius 1 is 0.483 bits per heavy atom. The summed E-state index contributed by atoms with van der Waals surface area (Å²) in [6.07, 6.45) is 34.0. The molecule has 1 nitrogen and oxygen atoms in total. The van der Waals surface area contributed by atoms with Crippen LogP contribution in [0.2, 0.25) is 0 Å². The van der Waals surface area contributed by atoms with E-state index in [0.717, 1.165) is 6.42 Å². The van der Waals surface area contributed by atoms with Crippen molar-refractivity contribution in [2.45, 2.75) is 162 Å². The molecule has 0 aliphatic carbocycles. The zero-order chi connectivity index (χ0) is 21.3. The van der Waals surface area contributed by atoms with Gasteiger partial charge in [0.1, 0.15) is 0 Å². The van der Waals surface area contributed by atoms with E-state index in [1.165, 1.54) is 141 Å².